The largest absolute Gasteiger partial charge is 0.469 e. The highest BCUT2D eigenvalue weighted by atomic mass is 16.6. The van der Waals surface area contributed by atoms with Gasteiger partial charge in [0.2, 0.25) is 0 Å². The van der Waals surface area contributed by atoms with Gasteiger partial charge in [-0.1, -0.05) is 0 Å². The summed E-state index contributed by atoms with van der Waals surface area (Å²) < 4.78 is 9.77. The Morgan fingerprint density at radius 1 is 1.38 bits per heavy atom. The molecule has 1 fully saturated rings. The van der Waals surface area contributed by atoms with Crippen molar-refractivity contribution in [3.05, 3.63) is 0 Å². The summed E-state index contributed by atoms with van der Waals surface area (Å²) >= 11 is 0. The number of piperidine rings is 1. The van der Waals surface area contributed by atoms with Crippen molar-refractivity contribution in [2.45, 2.75) is 32.8 Å². The number of hydrogen-bond donors (Lipinski definition) is 0. The first-order chi connectivity index (χ1) is 7.54. The molecule has 1 aliphatic rings. The van der Waals surface area contributed by atoms with Gasteiger partial charge in [0, 0.05) is 13.1 Å². The number of carbonyl (C=O) groups is 2. The quantitative estimate of drug-likeness (QED) is 0.672. The molecule has 1 amide bonds. The monoisotopic (exact) mass is 229 g/mol. The van der Waals surface area contributed by atoms with Crippen molar-refractivity contribution in [2.24, 2.45) is 5.92 Å². The van der Waals surface area contributed by atoms with Crippen molar-refractivity contribution >= 4 is 12.1 Å². The van der Waals surface area contributed by atoms with Crippen LogP contribution in [0.15, 0.2) is 0 Å². The van der Waals surface area contributed by atoms with Crippen LogP contribution in [0.4, 0.5) is 4.79 Å². The summed E-state index contributed by atoms with van der Waals surface area (Å²) in [5, 5.41) is 0. The van der Waals surface area contributed by atoms with E-state index < -0.39 is 0 Å². The highest BCUT2D eigenvalue weighted by molar-refractivity contribution is 5.74. The zero-order valence-corrected chi connectivity index (χ0v) is 10.1. The van der Waals surface area contributed by atoms with Crippen LogP contribution in [0.25, 0.3) is 0 Å². The first-order valence-corrected chi connectivity index (χ1v) is 5.58. The van der Waals surface area contributed by atoms with Crippen LogP contribution < -0.4 is 0 Å². The van der Waals surface area contributed by atoms with Crippen molar-refractivity contribution in [1.29, 1.82) is 0 Å². The topological polar surface area (TPSA) is 55.8 Å². The third-order valence-corrected chi connectivity index (χ3v) is 2.55. The molecule has 5 heteroatoms. The average molecular weight is 229 g/mol. The Bertz CT molecular complexity index is 265. The van der Waals surface area contributed by atoms with Gasteiger partial charge in [0.1, 0.15) is 0 Å². The highest BCUT2D eigenvalue weighted by Gasteiger charge is 2.29. The van der Waals surface area contributed by atoms with E-state index in [1.165, 1.54) is 7.11 Å². The molecule has 0 aliphatic carbocycles. The Hall–Kier alpha value is -1.26. The maximum Gasteiger partial charge on any atom is 0.410 e. The Morgan fingerprint density at radius 2 is 2.06 bits per heavy atom. The molecule has 16 heavy (non-hydrogen) atoms. The first-order valence-electron chi connectivity index (χ1n) is 5.58. The number of likely N-dealkylation sites (tertiary alicyclic amines) is 1. The molecule has 92 valence electrons. The molecule has 0 bridgehead atoms. The molecule has 1 heterocycles. The third-order valence-electron chi connectivity index (χ3n) is 2.55. The number of hydrogen-bond acceptors (Lipinski definition) is 4. The van der Waals surface area contributed by atoms with E-state index in [4.69, 9.17) is 4.74 Å². The summed E-state index contributed by atoms with van der Waals surface area (Å²) in [5.74, 6) is -0.458. The Balaban J connectivity index is 2.50. The van der Waals surface area contributed by atoms with E-state index in [9.17, 15) is 9.59 Å². The molecular weight excluding hydrogens is 210 g/mol. The van der Waals surface area contributed by atoms with E-state index in [0.29, 0.717) is 13.1 Å². The lowest BCUT2D eigenvalue weighted by Crippen LogP contribution is -2.43. The van der Waals surface area contributed by atoms with E-state index in [1.807, 2.05) is 0 Å². The van der Waals surface area contributed by atoms with Crippen molar-refractivity contribution in [1.82, 2.24) is 4.90 Å². The molecule has 5 nitrogen and oxygen atoms in total. The lowest BCUT2D eigenvalue weighted by molar-refractivity contribution is -0.147. The van der Waals surface area contributed by atoms with Crippen molar-refractivity contribution in [3.63, 3.8) is 0 Å². The minimum Gasteiger partial charge on any atom is -0.469 e. The minimum atomic E-state index is -0.344. The molecule has 0 saturated carbocycles. The van der Waals surface area contributed by atoms with Crippen LogP contribution in [0.1, 0.15) is 26.7 Å². The van der Waals surface area contributed by atoms with E-state index in [-0.39, 0.29) is 24.1 Å². The second kappa shape index (κ2) is 5.72. The fourth-order valence-electron chi connectivity index (χ4n) is 1.78. The zero-order chi connectivity index (χ0) is 12.1. The maximum absolute atomic E-state index is 11.6. The fourth-order valence-corrected chi connectivity index (χ4v) is 1.78. The molecular formula is C11H19NO4. The number of ether oxygens (including phenoxy) is 2. The molecule has 0 N–H and O–H groups in total. The Morgan fingerprint density at radius 3 is 2.62 bits per heavy atom. The predicted octanol–water partition coefficient (Wildman–Crippen LogP) is 1.42. The van der Waals surface area contributed by atoms with Crippen LogP contribution >= 0.6 is 0 Å². The van der Waals surface area contributed by atoms with Gasteiger partial charge in [-0.3, -0.25) is 4.79 Å². The van der Waals surface area contributed by atoms with Crippen LogP contribution in [-0.2, 0) is 14.3 Å². The summed E-state index contributed by atoms with van der Waals surface area (Å²) in [6, 6.07) is 0. The lowest BCUT2D eigenvalue weighted by Gasteiger charge is -2.31. The molecule has 1 aliphatic heterocycles. The standard InChI is InChI=1S/C11H19NO4/c1-8(2)16-11(14)12-6-4-5-9(7-12)10(13)15-3/h8-9H,4-7H2,1-3H3/t9-/m0/s1. The number of carbonyl (C=O) groups excluding carboxylic acids is 2. The van der Waals surface area contributed by atoms with Crippen molar-refractivity contribution in [3.8, 4) is 0 Å². The van der Waals surface area contributed by atoms with Gasteiger partial charge in [-0.05, 0) is 26.7 Å². The van der Waals surface area contributed by atoms with E-state index >= 15 is 0 Å². The number of nitrogens with zero attached hydrogens (tertiary/aromatic N) is 1. The van der Waals surface area contributed by atoms with Crippen LogP contribution in [0, 0.1) is 5.92 Å². The number of amides is 1. The van der Waals surface area contributed by atoms with Gasteiger partial charge < -0.3 is 14.4 Å². The summed E-state index contributed by atoms with van der Waals surface area (Å²) in [5.41, 5.74) is 0. The fraction of sp³-hybridized carbons (Fsp3) is 0.818. The van der Waals surface area contributed by atoms with Crippen molar-refractivity contribution in [2.75, 3.05) is 20.2 Å². The highest BCUT2D eigenvalue weighted by Crippen LogP contribution is 2.18. The van der Waals surface area contributed by atoms with Gasteiger partial charge in [0.05, 0.1) is 19.1 Å². The van der Waals surface area contributed by atoms with Gasteiger partial charge in [0.25, 0.3) is 0 Å². The van der Waals surface area contributed by atoms with E-state index in [1.54, 1.807) is 18.7 Å². The van der Waals surface area contributed by atoms with Gasteiger partial charge in [0.15, 0.2) is 0 Å². The molecule has 0 radical (unpaired) electrons. The lowest BCUT2D eigenvalue weighted by atomic mass is 9.99. The summed E-state index contributed by atoms with van der Waals surface area (Å²) in [4.78, 5) is 24.5. The summed E-state index contributed by atoms with van der Waals surface area (Å²) in [6.45, 7) is 4.66. The smallest absolute Gasteiger partial charge is 0.410 e. The number of methoxy groups -OCH3 is 1. The molecule has 1 atom stereocenters. The number of esters is 1. The Kier molecular flexibility index (Phi) is 4.58. The summed E-state index contributed by atoms with van der Waals surface area (Å²) in [7, 11) is 1.37. The van der Waals surface area contributed by atoms with Gasteiger partial charge in [-0.15, -0.1) is 0 Å². The molecule has 1 rings (SSSR count). The second-order valence-electron chi connectivity index (χ2n) is 4.24. The first kappa shape index (κ1) is 12.8. The third kappa shape index (κ3) is 3.40. The van der Waals surface area contributed by atoms with Crippen LogP contribution in [0.5, 0.6) is 0 Å². The van der Waals surface area contributed by atoms with Gasteiger partial charge >= 0.3 is 12.1 Å². The van der Waals surface area contributed by atoms with Crippen LogP contribution in [0.3, 0.4) is 0 Å². The summed E-state index contributed by atoms with van der Waals surface area (Å²) in [6.07, 6.45) is 1.11. The molecule has 0 spiro atoms. The predicted molar refractivity (Wildman–Crippen MR) is 57.9 cm³/mol. The number of rotatable bonds is 2. The molecule has 0 unspecified atom stereocenters. The van der Waals surface area contributed by atoms with Gasteiger partial charge in [-0.25, -0.2) is 4.79 Å². The van der Waals surface area contributed by atoms with Crippen LogP contribution in [0.2, 0.25) is 0 Å². The zero-order valence-electron chi connectivity index (χ0n) is 10.1. The average Bonchev–Trinajstić information content (AvgIpc) is 2.27. The second-order valence-corrected chi connectivity index (χ2v) is 4.24. The molecule has 0 aromatic carbocycles. The SMILES string of the molecule is COC(=O)[C@H]1CCCN(C(=O)OC(C)C)C1. The maximum atomic E-state index is 11.6. The van der Waals surface area contributed by atoms with E-state index in [2.05, 4.69) is 4.74 Å². The Labute approximate surface area is 95.7 Å². The molecule has 0 aromatic heterocycles. The molecule has 0 aromatic rings. The normalized spacial score (nSPS) is 20.8. The minimum absolute atomic E-state index is 0.133. The molecule has 1 saturated heterocycles. The van der Waals surface area contributed by atoms with Crippen LogP contribution in [-0.4, -0.2) is 43.3 Å². The van der Waals surface area contributed by atoms with E-state index in [0.717, 1.165) is 12.8 Å². The van der Waals surface area contributed by atoms with Gasteiger partial charge in [-0.2, -0.15) is 0 Å². The van der Waals surface area contributed by atoms with Crippen molar-refractivity contribution < 1.29 is 19.1 Å².